The van der Waals surface area contributed by atoms with Crippen molar-refractivity contribution in [3.8, 4) is 5.82 Å². The molecule has 26 heavy (non-hydrogen) atoms. The maximum atomic E-state index is 13.3. The van der Waals surface area contributed by atoms with Gasteiger partial charge in [0.15, 0.2) is 5.82 Å². The standard InChI is InChI=1S/C19H21FN6/c1-15-22-18(13-19(23-15)26-7-3-6-21-26)25-10-8-24(9-11-25)14-16-4-2-5-17(20)12-16/h2-7,12-13H,8-11,14H2,1H3. The van der Waals surface area contributed by atoms with Gasteiger partial charge in [0.25, 0.3) is 0 Å². The number of hydrogen-bond donors (Lipinski definition) is 0. The van der Waals surface area contributed by atoms with E-state index in [0.29, 0.717) is 0 Å². The van der Waals surface area contributed by atoms with E-state index < -0.39 is 0 Å². The molecule has 0 N–H and O–H groups in total. The maximum Gasteiger partial charge on any atom is 0.159 e. The van der Waals surface area contributed by atoms with Gasteiger partial charge in [-0.05, 0) is 30.7 Å². The van der Waals surface area contributed by atoms with Gasteiger partial charge in [-0.2, -0.15) is 5.10 Å². The lowest BCUT2D eigenvalue weighted by Gasteiger charge is -2.35. The van der Waals surface area contributed by atoms with Crippen LogP contribution in [0.5, 0.6) is 0 Å². The van der Waals surface area contributed by atoms with Crippen LogP contribution in [-0.2, 0) is 6.54 Å². The Kier molecular flexibility index (Phi) is 4.62. The van der Waals surface area contributed by atoms with Crippen LogP contribution in [0.2, 0.25) is 0 Å². The van der Waals surface area contributed by atoms with Crippen LogP contribution in [0.1, 0.15) is 11.4 Å². The normalized spacial score (nSPS) is 15.4. The maximum absolute atomic E-state index is 13.3. The minimum atomic E-state index is -0.177. The van der Waals surface area contributed by atoms with Gasteiger partial charge in [-0.3, -0.25) is 4.90 Å². The van der Waals surface area contributed by atoms with E-state index in [0.717, 1.165) is 55.7 Å². The van der Waals surface area contributed by atoms with Crippen LogP contribution < -0.4 is 4.90 Å². The summed E-state index contributed by atoms with van der Waals surface area (Å²) in [6, 6.07) is 10.7. The lowest BCUT2D eigenvalue weighted by Crippen LogP contribution is -2.46. The third kappa shape index (κ3) is 3.72. The summed E-state index contributed by atoms with van der Waals surface area (Å²) in [5.74, 6) is 2.26. The molecule has 0 spiro atoms. The second-order valence-electron chi connectivity index (χ2n) is 6.48. The van der Waals surface area contributed by atoms with Crippen LogP contribution >= 0.6 is 0 Å². The topological polar surface area (TPSA) is 50.1 Å². The van der Waals surface area contributed by atoms with Crippen molar-refractivity contribution in [1.82, 2.24) is 24.6 Å². The molecule has 1 aliphatic rings. The Balaban J connectivity index is 1.43. The predicted octanol–water partition coefficient (Wildman–Crippen LogP) is 2.43. The highest BCUT2D eigenvalue weighted by Gasteiger charge is 2.19. The minimum Gasteiger partial charge on any atom is -0.354 e. The quantitative estimate of drug-likeness (QED) is 0.722. The van der Waals surface area contributed by atoms with Crippen molar-refractivity contribution in [2.75, 3.05) is 31.1 Å². The van der Waals surface area contributed by atoms with Crippen LogP contribution in [0.25, 0.3) is 5.82 Å². The van der Waals surface area contributed by atoms with Crippen molar-refractivity contribution in [3.05, 3.63) is 66.0 Å². The Bertz CT molecular complexity index is 871. The molecule has 1 saturated heterocycles. The fraction of sp³-hybridized carbons (Fsp3) is 0.316. The lowest BCUT2D eigenvalue weighted by atomic mass is 10.2. The fourth-order valence-electron chi connectivity index (χ4n) is 3.25. The van der Waals surface area contributed by atoms with E-state index >= 15 is 0 Å². The molecule has 1 aromatic carbocycles. The van der Waals surface area contributed by atoms with E-state index in [4.69, 9.17) is 0 Å². The van der Waals surface area contributed by atoms with Crippen LogP contribution in [0.3, 0.4) is 0 Å². The Labute approximate surface area is 151 Å². The monoisotopic (exact) mass is 352 g/mol. The van der Waals surface area contributed by atoms with Crippen molar-refractivity contribution < 1.29 is 4.39 Å². The average Bonchev–Trinajstić information content (AvgIpc) is 3.17. The fourth-order valence-corrected chi connectivity index (χ4v) is 3.25. The summed E-state index contributed by atoms with van der Waals surface area (Å²) >= 11 is 0. The Morgan fingerprint density at radius 3 is 2.54 bits per heavy atom. The average molecular weight is 352 g/mol. The number of anilines is 1. The van der Waals surface area contributed by atoms with E-state index in [1.165, 1.54) is 6.07 Å². The summed E-state index contributed by atoms with van der Waals surface area (Å²) < 4.78 is 15.1. The van der Waals surface area contributed by atoms with Gasteiger partial charge in [0, 0.05) is 51.2 Å². The number of rotatable bonds is 4. The zero-order chi connectivity index (χ0) is 17.9. The molecule has 7 heteroatoms. The Morgan fingerprint density at radius 1 is 1.00 bits per heavy atom. The number of halogens is 1. The first-order chi connectivity index (χ1) is 12.7. The number of nitrogens with zero attached hydrogens (tertiary/aromatic N) is 6. The van der Waals surface area contributed by atoms with Gasteiger partial charge in [-0.15, -0.1) is 0 Å². The van der Waals surface area contributed by atoms with E-state index in [1.807, 2.05) is 31.3 Å². The molecule has 4 rings (SSSR count). The summed E-state index contributed by atoms with van der Waals surface area (Å²) in [7, 11) is 0. The van der Waals surface area contributed by atoms with Gasteiger partial charge >= 0.3 is 0 Å². The molecule has 0 unspecified atom stereocenters. The first-order valence-corrected chi connectivity index (χ1v) is 8.75. The van der Waals surface area contributed by atoms with E-state index in [2.05, 4.69) is 24.9 Å². The molecule has 3 heterocycles. The van der Waals surface area contributed by atoms with E-state index in [-0.39, 0.29) is 5.82 Å². The molecule has 0 radical (unpaired) electrons. The van der Waals surface area contributed by atoms with Crippen molar-refractivity contribution >= 4 is 5.82 Å². The van der Waals surface area contributed by atoms with Crippen LogP contribution in [0, 0.1) is 12.7 Å². The van der Waals surface area contributed by atoms with Gasteiger partial charge in [-0.1, -0.05) is 12.1 Å². The van der Waals surface area contributed by atoms with Gasteiger partial charge in [0.2, 0.25) is 0 Å². The SMILES string of the molecule is Cc1nc(N2CCN(Cc3cccc(F)c3)CC2)cc(-n2cccn2)n1. The van der Waals surface area contributed by atoms with E-state index in [9.17, 15) is 4.39 Å². The molecule has 6 nitrogen and oxygen atoms in total. The smallest absolute Gasteiger partial charge is 0.159 e. The zero-order valence-electron chi connectivity index (χ0n) is 14.7. The second-order valence-corrected chi connectivity index (χ2v) is 6.48. The molecule has 0 amide bonds. The van der Waals surface area contributed by atoms with Gasteiger partial charge in [0.05, 0.1) is 0 Å². The summed E-state index contributed by atoms with van der Waals surface area (Å²) in [4.78, 5) is 13.7. The predicted molar refractivity (Wildman–Crippen MR) is 97.8 cm³/mol. The molecule has 0 bridgehead atoms. The molecule has 134 valence electrons. The molecular formula is C19H21FN6. The summed E-state index contributed by atoms with van der Waals surface area (Å²) in [6.07, 6.45) is 3.62. The lowest BCUT2D eigenvalue weighted by molar-refractivity contribution is 0.249. The van der Waals surface area contributed by atoms with Crippen LogP contribution in [0.4, 0.5) is 10.2 Å². The molecule has 2 aromatic heterocycles. The highest BCUT2D eigenvalue weighted by atomic mass is 19.1. The Hall–Kier alpha value is -2.80. The van der Waals surface area contributed by atoms with Gasteiger partial charge in [-0.25, -0.2) is 19.0 Å². The van der Waals surface area contributed by atoms with Crippen molar-refractivity contribution in [1.29, 1.82) is 0 Å². The molecule has 1 aliphatic heterocycles. The van der Waals surface area contributed by atoms with E-state index in [1.54, 1.807) is 23.0 Å². The van der Waals surface area contributed by atoms with Crippen LogP contribution in [0.15, 0.2) is 48.8 Å². The number of aromatic nitrogens is 4. The first-order valence-electron chi connectivity index (χ1n) is 8.75. The summed E-state index contributed by atoms with van der Waals surface area (Å²) in [5, 5.41) is 4.25. The molecule has 0 saturated carbocycles. The largest absolute Gasteiger partial charge is 0.354 e. The molecule has 0 aliphatic carbocycles. The van der Waals surface area contributed by atoms with Crippen molar-refractivity contribution in [2.24, 2.45) is 0 Å². The van der Waals surface area contributed by atoms with Crippen molar-refractivity contribution in [2.45, 2.75) is 13.5 Å². The Morgan fingerprint density at radius 2 is 1.81 bits per heavy atom. The van der Waals surface area contributed by atoms with Gasteiger partial charge in [0.1, 0.15) is 17.5 Å². The summed E-state index contributed by atoms with van der Waals surface area (Å²) in [5.41, 5.74) is 1.01. The third-order valence-electron chi connectivity index (χ3n) is 4.54. The number of piperazine rings is 1. The third-order valence-corrected chi connectivity index (χ3v) is 4.54. The van der Waals surface area contributed by atoms with Gasteiger partial charge < -0.3 is 4.90 Å². The number of aryl methyl sites for hydroxylation is 1. The van der Waals surface area contributed by atoms with Crippen LogP contribution in [-0.4, -0.2) is 50.8 Å². The zero-order valence-corrected chi connectivity index (χ0v) is 14.7. The molecule has 0 atom stereocenters. The van der Waals surface area contributed by atoms with Crippen molar-refractivity contribution in [3.63, 3.8) is 0 Å². The minimum absolute atomic E-state index is 0.177. The highest BCUT2D eigenvalue weighted by Crippen LogP contribution is 2.18. The molecule has 3 aromatic rings. The first kappa shape index (κ1) is 16.7. The molecule has 1 fully saturated rings. The summed E-state index contributed by atoms with van der Waals surface area (Å²) in [6.45, 7) is 6.26. The number of benzene rings is 1. The second kappa shape index (κ2) is 7.21. The molecular weight excluding hydrogens is 331 g/mol. The highest BCUT2D eigenvalue weighted by molar-refractivity contribution is 5.44. The number of hydrogen-bond acceptors (Lipinski definition) is 5.